The molecule has 1 aromatic rings. The molecule has 1 aliphatic carbocycles. The average Bonchev–Trinajstić information content (AvgIpc) is 3.03. The Morgan fingerprint density at radius 3 is 2.56 bits per heavy atom. The highest BCUT2D eigenvalue weighted by molar-refractivity contribution is 7.92. The zero-order valence-corrected chi connectivity index (χ0v) is 10.3. The number of rotatable bonds is 5. The maximum absolute atomic E-state index is 11.7. The van der Waals surface area contributed by atoms with Crippen molar-refractivity contribution in [2.24, 2.45) is 5.92 Å². The van der Waals surface area contributed by atoms with Crippen LogP contribution in [0.3, 0.4) is 0 Å². The van der Waals surface area contributed by atoms with Gasteiger partial charge in [-0.15, -0.1) is 0 Å². The van der Waals surface area contributed by atoms with Crippen molar-refractivity contribution >= 4 is 21.7 Å². The molecular weight excluding hydrogens is 258 g/mol. The van der Waals surface area contributed by atoms with Gasteiger partial charge in [-0.1, -0.05) is 0 Å². The van der Waals surface area contributed by atoms with Gasteiger partial charge in [-0.25, -0.2) is 13.2 Å². The Labute approximate surface area is 104 Å². The molecule has 6 nitrogen and oxygen atoms in total. The molecule has 0 amide bonds. The van der Waals surface area contributed by atoms with E-state index < -0.39 is 21.7 Å². The van der Waals surface area contributed by atoms with Gasteiger partial charge in [0.1, 0.15) is 5.75 Å². The van der Waals surface area contributed by atoms with Crippen molar-refractivity contribution in [3.8, 4) is 5.75 Å². The highest BCUT2D eigenvalue weighted by Gasteiger charge is 2.28. The van der Waals surface area contributed by atoms with E-state index in [1.54, 1.807) is 0 Å². The highest BCUT2D eigenvalue weighted by atomic mass is 32.2. The molecular formula is C11H13NO5S. The normalized spacial score (nSPS) is 15.3. The second kappa shape index (κ2) is 4.49. The Bertz CT molecular complexity index is 577. The summed E-state index contributed by atoms with van der Waals surface area (Å²) in [5.41, 5.74) is -0.0988. The van der Waals surface area contributed by atoms with Gasteiger partial charge in [0.15, 0.2) is 0 Å². The Hall–Kier alpha value is -1.76. The first kappa shape index (κ1) is 12.7. The number of phenolic OH excluding ortho intramolecular Hbond substituents is 1. The molecule has 1 aromatic carbocycles. The SMILES string of the molecule is O=C(O)c1ccc(NS(=O)(=O)CC2CC2)c(O)c1. The molecule has 0 aliphatic heterocycles. The summed E-state index contributed by atoms with van der Waals surface area (Å²) in [4.78, 5) is 10.7. The molecule has 1 aliphatic rings. The van der Waals surface area contributed by atoms with Crippen LogP contribution in [0, 0.1) is 5.92 Å². The lowest BCUT2D eigenvalue weighted by Gasteiger charge is -2.09. The second-order valence-electron chi connectivity index (χ2n) is 4.36. The van der Waals surface area contributed by atoms with Gasteiger partial charge in [-0.2, -0.15) is 0 Å². The Morgan fingerprint density at radius 2 is 2.06 bits per heavy atom. The fraction of sp³-hybridized carbons (Fsp3) is 0.364. The second-order valence-corrected chi connectivity index (χ2v) is 6.13. The fourth-order valence-corrected chi connectivity index (χ4v) is 3.10. The number of carbonyl (C=O) groups is 1. The Balaban J connectivity index is 2.16. The first-order valence-electron chi connectivity index (χ1n) is 5.44. The predicted molar refractivity (Wildman–Crippen MR) is 65.2 cm³/mol. The summed E-state index contributed by atoms with van der Waals surface area (Å²) in [5, 5.41) is 18.3. The van der Waals surface area contributed by atoms with Crippen LogP contribution >= 0.6 is 0 Å². The summed E-state index contributed by atoms with van der Waals surface area (Å²) in [7, 11) is -3.48. The highest BCUT2D eigenvalue weighted by Crippen LogP contribution is 2.32. The number of nitrogens with one attached hydrogen (secondary N) is 1. The predicted octanol–water partition coefficient (Wildman–Crippen LogP) is 1.24. The third kappa shape index (κ3) is 3.13. The molecule has 3 N–H and O–H groups in total. The zero-order valence-electron chi connectivity index (χ0n) is 9.46. The van der Waals surface area contributed by atoms with Crippen molar-refractivity contribution in [3.63, 3.8) is 0 Å². The summed E-state index contributed by atoms with van der Waals surface area (Å²) < 4.78 is 25.6. The third-order valence-corrected chi connectivity index (χ3v) is 4.10. The monoisotopic (exact) mass is 271 g/mol. The number of carboxylic acids is 1. The molecule has 1 saturated carbocycles. The molecule has 98 valence electrons. The number of anilines is 1. The van der Waals surface area contributed by atoms with Crippen LogP contribution in [-0.2, 0) is 10.0 Å². The van der Waals surface area contributed by atoms with Crippen LogP contribution in [0.2, 0.25) is 0 Å². The van der Waals surface area contributed by atoms with Gasteiger partial charge in [0.25, 0.3) is 0 Å². The Kier molecular flexibility index (Phi) is 3.16. The Morgan fingerprint density at radius 1 is 1.39 bits per heavy atom. The largest absolute Gasteiger partial charge is 0.506 e. The van der Waals surface area contributed by atoms with E-state index in [1.165, 1.54) is 12.1 Å². The van der Waals surface area contributed by atoms with Crippen molar-refractivity contribution in [1.82, 2.24) is 0 Å². The van der Waals surface area contributed by atoms with Gasteiger partial charge in [0, 0.05) is 0 Å². The van der Waals surface area contributed by atoms with Gasteiger partial charge in [0.05, 0.1) is 17.0 Å². The quantitative estimate of drug-likeness (QED) is 0.699. The van der Waals surface area contributed by atoms with Gasteiger partial charge >= 0.3 is 5.97 Å². The first-order chi connectivity index (χ1) is 8.37. The lowest BCUT2D eigenvalue weighted by atomic mass is 10.2. The molecule has 18 heavy (non-hydrogen) atoms. The third-order valence-electron chi connectivity index (χ3n) is 2.66. The molecule has 0 bridgehead atoms. The summed E-state index contributed by atoms with van der Waals surface area (Å²) in [6, 6.07) is 3.48. The van der Waals surface area contributed by atoms with Gasteiger partial charge in [0.2, 0.25) is 10.0 Å². The van der Waals surface area contributed by atoms with Crippen molar-refractivity contribution in [1.29, 1.82) is 0 Å². The van der Waals surface area contributed by atoms with Crippen LogP contribution in [0.25, 0.3) is 0 Å². The number of hydrogen-bond acceptors (Lipinski definition) is 4. The molecule has 0 heterocycles. The van der Waals surface area contributed by atoms with E-state index in [4.69, 9.17) is 5.11 Å². The number of hydrogen-bond donors (Lipinski definition) is 3. The summed E-state index contributed by atoms with van der Waals surface area (Å²) in [6.07, 6.45) is 1.82. The van der Waals surface area contributed by atoms with Crippen molar-refractivity contribution in [2.75, 3.05) is 10.5 Å². The number of benzene rings is 1. The summed E-state index contributed by atoms with van der Waals surface area (Å²) in [6.45, 7) is 0. The topological polar surface area (TPSA) is 104 Å². The lowest BCUT2D eigenvalue weighted by Crippen LogP contribution is -2.18. The van der Waals surface area contributed by atoms with Crippen LogP contribution in [0.1, 0.15) is 23.2 Å². The smallest absolute Gasteiger partial charge is 0.335 e. The van der Waals surface area contributed by atoms with Crippen molar-refractivity contribution < 1.29 is 23.4 Å². The maximum atomic E-state index is 11.7. The molecule has 0 radical (unpaired) electrons. The fourth-order valence-electron chi connectivity index (χ4n) is 1.55. The van der Waals surface area contributed by atoms with E-state index in [0.29, 0.717) is 0 Å². The van der Waals surface area contributed by atoms with Crippen LogP contribution < -0.4 is 4.72 Å². The van der Waals surface area contributed by atoms with Crippen LogP contribution in [0.4, 0.5) is 5.69 Å². The van der Waals surface area contributed by atoms with Crippen LogP contribution in [0.5, 0.6) is 5.75 Å². The first-order valence-corrected chi connectivity index (χ1v) is 7.09. The maximum Gasteiger partial charge on any atom is 0.335 e. The van der Waals surface area contributed by atoms with E-state index in [9.17, 15) is 18.3 Å². The standard InChI is InChI=1S/C11H13NO5S/c13-10-5-8(11(14)15)3-4-9(10)12-18(16,17)6-7-1-2-7/h3-5,7,12-13H,1-2,6H2,(H,14,15). The minimum absolute atomic E-state index is 0.000602. The molecule has 0 saturated heterocycles. The summed E-state index contributed by atoms with van der Waals surface area (Å²) in [5.74, 6) is -1.34. The zero-order chi connectivity index (χ0) is 13.3. The van der Waals surface area contributed by atoms with Gasteiger partial charge in [-0.05, 0) is 37.0 Å². The van der Waals surface area contributed by atoms with Crippen molar-refractivity contribution in [2.45, 2.75) is 12.8 Å². The number of phenols is 1. The number of aromatic carboxylic acids is 1. The molecule has 0 atom stereocenters. The number of sulfonamides is 1. The molecule has 0 spiro atoms. The van der Waals surface area contributed by atoms with Gasteiger partial charge < -0.3 is 10.2 Å². The number of aromatic hydroxyl groups is 1. The minimum atomic E-state index is -3.48. The number of carboxylic acid groups (broad SMARTS) is 1. The molecule has 2 rings (SSSR count). The minimum Gasteiger partial charge on any atom is -0.506 e. The van der Waals surface area contributed by atoms with E-state index in [1.807, 2.05) is 0 Å². The van der Waals surface area contributed by atoms with Gasteiger partial charge in [-0.3, -0.25) is 4.72 Å². The lowest BCUT2D eigenvalue weighted by molar-refractivity contribution is 0.0696. The van der Waals surface area contributed by atoms with E-state index in [0.717, 1.165) is 18.9 Å². The van der Waals surface area contributed by atoms with E-state index >= 15 is 0 Å². The summed E-state index contributed by atoms with van der Waals surface area (Å²) >= 11 is 0. The average molecular weight is 271 g/mol. The molecule has 0 unspecified atom stereocenters. The molecule has 7 heteroatoms. The van der Waals surface area contributed by atoms with Crippen LogP contribution in [-0.4, -0.2) is 30.4 Å². The van der Waals surface area contributed by atoms with Crippen LogP contribution in [0.15, 0.2) is 18.2 Å². The van der Waals surface area contributed by atoms with Crippen molar-refractivity contribution in [3.05, 3.63) is 23.8 Å². The molecule has 0 aromatic heterocycles. The van der Waals surface area contributed by atoms with E-state index in [-0.39, 0.29) is 22.9 Å². The molecule has 1 fully saturated rings. The van der Waals surface area contributed by atoms with E-state index in [2.05, 4.69) is 4.72 Å².